The zero-order valence-corrected chi connectivity index (χ0v) is 8.96. The van der Waals surface area contributed by atoms with Gasteiger partial charge in [-0.25, -0.2) is 0 Å². The molecule has 0 saturated carbocycles. The number of guanidine groups is 1. The Balaban J connectivity index is 3.76. The lowest BCUT2D eigenvalue weighted by atomic mass is 10.1. The molecule has 0 rings (SSSR count). The fourth-order valence-electron chi connectivity index (χ4n) is 0.643. The minimum Gasteiger partial charge on any atom is -0.389 e. The molecule has 0 aliphatic rings. The number of rotatable bonds is 4. The predicted octanol–water partition coefficient (Wildman–Crippen LogP) is 0.318. The van der Waals surface area contributed by atoms with Crippen molar-refractivity contribution in [2.75, 3.05) is 13.1 Å². The molecule has 4 N–H and O–H groups in total. The molecule has 0 bridgehead atoms. The number of aliphatic imine (C=N–C) groups is 1. The lowest BCUT2D eigenvalue weighted by molar-refractivity contribution is 0.0903. The van der Waals surface area contributed by atoms with Gasteiger partial charge in [0.1, 0.15) is 0 Å². The van der Waals surface area contributed by atoms with E-state index in [-0.39, 0.29) is 0 Å². The van der Waals surface area contributed by atoms with E-state index < -0.39 is 5.60 Å². The van der Waals surface area contributed by atoms with Crippen LogP contribution in [0.4, 0.5) is 0 Å². The molecule has 0 atom stereocenters. The molecule has 78 valence electrons. The number of nitrogens with one attached hydrogen (secondary N) is 1. The molecule has 4 heteroatoms. The van der Waals surface area contributed by atoms with Crippen molar-refractivity contribution in [3.05, 3.63) is 0 Å². The lowest BCUT2D eigenvalue weighted by Crippen LogP contribution is -2.36. The van der Waals surface area contributed by atoms with Gasteiger partial charge in [-0.1, -0.05) is 13.8 Å². The van der Waals surface area contributed by atoms with E-state index in [0.717, 1.165) is 6.54 Å². The van der Waals surface area contributed by atoms with Crippen LogP contribution in [0.1, 0.15) is 27.7 Å². The van der Waals surface area contributed by atoms with Crippen LogP contribution in [-0.2, 0) is 0 Å². The third kappa shape index (κ3) is 9.14. The summed E-state index contributed by atoms with van der Waals surface area (Å²) in [6, 6.07) is 0. The van der Waals surface area contributed by atoms with Gasteiger partial charge in [0, 0.05) is 6.54 Å². The maximum Gasteiger partial charge on any atom is 0.188 e. The summed E-state index contributed by atoms with van der Waals surface area (Å²) in [5.74, 6) is 0.937. The van der Waals surface area contributed by atoms with Gasteiger partial charge in [0.2, 0.25) is 0 Å². The summed E-state index contributed by atoms with van der Waals surface area (Å²) >= 11 is 0. The minimum atomic E-state index is -0.788. The van der Waals surface area contributed by atoms with Gasteiger partial charge in [0.25, 0.3) is 0 Å². The summed E-state index contributed by atoms with van der Waals surface area (Å²) in [6.07, 6.45) is 0. The van der Waals surface area contributed by atoms with E-state index in [9.17, 15) is 5.11 Å². The van der Waals surface area contributed by atoms with Gasteiger partial charge in [0.15, 0.2) is 5.96 Å². The SMILES string of the molecule is CC(C)CNC(N)=NCC(C)(C)O. The zero-order chi connectivity index (χ0) is 10.5. The molecular formula is C9H21N3O. The Labute approximate surface area is 80.2 Å². The molecule has 0 aromatic heterocycles. The van der Waals surface area contributed by atoms with Crippen molar-refractivity contribution in [3.63, 3.8) is 0 Å². The van der Waals surface area contributed by atoms with Gasteiger partial charge in [-0.3, -0.25) is 4.99 Å². The molecule has 0 fully saturated rings. The number of nitrogens with two attached hydrogens (primary N) is 1. The van der Waals surface area contributed by atoms with Gasteiger partial charge in [0.05, 0.1) is 12.1 Å². The second-order valence-corrected chi connectivity index (χ2v) is 4.29. The molecule has 0 aliphatic heterocycles. The first-order chi connectivity index (χ1) is 5.81. The monoisotopic (exact) mass is 187 g/mol. The summed E-state index contributed by atoms with van der Waals surface area (Å²) in [5, 5.41) is 12.3. The van der Waals surface area contributed by atoms with Crippen LogP contribution in [-0.4, -0.2) is 29.8 Å². The average Bonchev–Trinajstić information content (AvgIpc) is 1.95. The number of aliphatic hydroxyl groups is 1. The van der Waals surface area contributed by atoms with Crippen molar-refractivity contribution < 1.29 is 5.11 Å². The van der Waals surface area contributed by atoms with Gasteiger partial charge in [-0.15, -0.1) is 0 Å². The van der Waals surface area contributed by atoms with E-state index in [0.29, 0.717) is 18.4 Å². The van der Waals surface area contributed by atoms with Crippen LogP contribution in [0.2, 0.25) is 0 Å². The second-order valence-electron chi connectivity index (χ2n) is 4.29. The predicted molar refractivity (Wildman–Crippen MR) is 55.6 cm³/mol. The van der Waals surface area contributed by atoms with Crippen molar-refractivity contribution in [2.24, 2.45) is 16.6 Å². The van der Waals surface area contributed by atoms with Crippen LogP contribution in [0.3, 0.4) is 0 Å². The Morgan fingerprint density at radius 1 is 1.54 bits per heavy atom. The molecule has 0 aromatic rings. The summed E-state index contributed by atoms with van der Waals surface area (Å²) in [6.45, 7) is 8.72. The van der Waals surface area contributed by atoms with E-state index in [2.05, 4.69) is 24.2 Å². The topological polar surface area (TPSA) is 70.6 Å². The van der Waals surface area contributed by atoms with Gasteiger partial charge >= 0.3 is 0 Å². The van der Waals surface area contributed by atoms with E-state index in [4.69, 9.17) is 5.73 Å². The van der Waals surface area contributed by atoms with Gasteiger partial charge in [-0.05, 0) is 19.8 Å². The first kappa shape index (κ1) is 12.2. The van der Waals surface area contributed by atoms with Crippen molar-refractivity contribution in [1.29, 1.82) is 0 Å². The summed E-state index contributed by atoms with van der Waals surface area (Å²) in [5.41, 5.74) is 4.77. The number of nitrogens with zero attached hydrogens (tertiary/aromatic N) is 1. The number of hydrogen-bond acceptors (Lipinski definition) is 2. The van der Waals surface area contributed by atoms with Crippen LogP contribution >= 0.6 is 0 Å². The van der Waals surface area contributed by atoms with E-state index in [1.54, 1.807) is 13.8 Å². The van der Waals surface area contributed by atoms with Crippen molar-refractivity contribution in [2.45, 2.75) is 33.3 Å². The van der Waals surface area contributed by atoms with Crippen molar-refractivity contribution in [1.82, 2.24) is 5.32 Å². The molecule has 0 unspecified atom stereocenters. The minimum absolute atomic E-state index is 0.323. The smallest absolute Gasteiger partial charge is 0.188 e. The lowest BCUT2D eigenvalue weighted by Gasteiger charge is -2.14. The van der Waals surface area contributed by atoms with E-state index in [1.807, 2.05) is 0 Å². The second kappa shape index (κ2) is 5.07. The summed E-state index contributed by atoms with van der Waals surface area (Å²) in [7, 11) is 0. The molecule has 0 radical (unpaired) electrons. The Morgan fingerprint density at radius 2 is 2.08 bits per heavy atom. The van der Waals surface area contributed by atoms with E-state index in [1.165, 1.54) is 0 Å². The van der Waals surface area contributed by atoms with Gasteiger partial charge < -0.3 is 16.2 Å². The molecule has 0 saturated heterocycles. The number of hydrogen-bond donors (Lipinski definition) is 3. The van der Waals surface area contributed by atoms with Crippen molar-refractivity contribution in [3.8, 4) is 0 Å². The first-order valence-corrected chi connectivity index (χ1v) is 4.57. The van der Waals surface area contributed by atoms with E-state index >= 15 is 0 Å². The average molecular weight is 187 g/mol. The van der Waals surface area contributed by atoms with Crippen molar-refractivity contribution >= 4 is 5.96 Å². The molecule has 0 heterocycles. The molecule has 13 heavy (non-hydrogen) atoms. The Bertz CT molecular complexity index is 170. The zero-order valence-electron chi connectivity index (χ0n) is 8.96. The van der Waals surface area contributed by atoms with Crippen LogP contribution in [0.15, 0.2) is 4.99 Å². The molecule has 0 aromatic carbocycles. The van der Waals surface area contributed by atoms with Crippen LogP contribution in [0.5, 0.6) is 0 Å². The standard InChI is InChI=1S/C9H21N3O/c1-7(2)5-11-8(10)12-6-9(3,4)13/h7,13H,5-6H2,1-4H3,(H3,10,11,12). The largest absolute Gasteiger partial charge is 0.389 e. The summed E-state index contributed by atoms with van der Waals surface area (Å²) < 4.78 is 0. The Kier molecular flexibility index (Phi) is 4.77. The highest BCUT2D eigenvalue weighted by Crippen LogP contribution is 1.99. The van der Waals surface area contributed by atoms with Crippen LogP contribution < -0.4 is 11.1 Å². The Hall–Kier alpha value is -0.770. The first-order valence-electron chi connectivity index (χ1n) is 4.57. The Morgan fingerprint density at radius 3 is 2.46 bits per heavy atom. The fourth-order valence-corrected chi connectivity index (χ4v) is 0.643. The highest BCUT2D eigenvalue weighted by atomic mass is 16.3. The fraction of sp³-hybridized carbons (Fsp3) is 0.889. The maximum absolute atomic E-state index is 9.35. The molecule has 0 amide bonds. The normalized spacial score (nSPS) is 13.5. The highest BCUT2D eigenvalue weighted by Gasteiger charge is 2.10. The van der Waals surface area contributed by atoms with Crippen LogP contribution in [0, 0.1) is 5.92 Å². The molecule has 0 aliphatic carbocycles. The van der Waals surface area contributed by atoms with Gasteiger partial charge in [-0.2, -0.15) is 0 Å². The maximum atomic E-state index is 9.35. The third-order valence-corrected chi connectivity index (χ3v) is 1.33. The molecular weight excluding hydrogens is 166 g/mol. The third-order valence-electron chi connectivity index (χ3n) is 1.33. The highest BCUT2D eigenvalue weighted by molar-refractivity contribution is 5.77. The molecule has 4 nitrogen and oxygen atoms in total. The summed E-state index contributed by atoms with van der Waals surface area (Å²) in [4.78, 5) is 4.00. The quantitative estimate of drug-likeness (QED) is 0.438. The molecule has 0 spiro atoms. The van der Waals surface area contributed by atoms with Crippen LogP contribution in [0.25, 0.3) is 0 Å².